The topological polar surface area (TPSA) is 82.1 Å². The third-order valence-electron chi connectivity index (χ3n) is 4.65. The molecule has 3 aromatic rings. The van der Waals surface area contributed by atoms with Crippen LogP contribution in [0.25, 0.3) is 11.5 Å². The van der Waals surface area contributed by atoms with Crippen molar-refractivity contribution in [1.82, 2.24) is 24.7 Å². The van der Waals surface area contributed by atoms with Gasteiger partial charge in [0.15, 0.2) is 0 Å². The molecule has 0 N–H and O–H groups in total. The van der Waals surface area contributed by atoms with Crippen molar-refractivity contribution in [3.05, 3.63) is 42.4 Å². The average molecular weight is 354 g/mol. The molecule has 2 atom stereocenters. The Labute approximate surface area is 151 Å². The predicted octanol–water partition coefficient (Wildman–Crippen LogP) is 2.57. The molecule has 1 aliphatic heterocycles. The molecule has 0 aliphatic carbocycles. The number of imidazole rings is 1. The molecule has 1 aliphatic rings. The molecule has 0 spiro atoms. The van der Waals surface area contributed by atoms with Crippen LogP contribution >= 0.6 is 0 Å². The van der Waals surface area contributed by atoms with Gasteiger partial charge in [0.05, 0.1) is 11.5 Å². The first-order valence-electron chi connectivity index (χ1n) is 8.69. The van der Waals surface area contributed by atoms with E-state index in [-0.39, 0.29) is 12.0 Å². The van der Waals surface area contributed by atoms with Gasteiger partial charge in [0.25, 0.3) is 0 Å². The van der Waals surface area contributed by atoms with E-state index in [1.807, 2.05) is 48.9 Å². The Balaban J connectivity index is 1.60. The van der Waals surface area contributed by atoms with Crippen LogP contribution in [0.15, 0.2) is 35.1 Å². The summed E-state index contributed by atoms with van der Waals surface area (Å²) in [5.74, 6) is 2.82. The standard InChI is InChI=1S/C18H22N6O2/c1-23(2)14-7-6-12(11-20-14)17-21-22-18(26-17)13-5-4-10-25-15(13)16-19-8-9-24(16)3/h6-9,11,13,15H,4-5,10H2,1-3H3/t13-,15-/m1/s1. The third-order valence-corrected chi connectivity index (χ3v) is 4.65. The van der Waals surface area contributed by atoms with Gasteiger partial charge in [0.2, 0.25) is 11.8 Å². The molecular weight excluding hydrogens is 332 g/mol. The average Bonchev–Trinajstić information content (AvgIpc) is 3.31. The zero-order chi connectivity index (χ0) is 18.1. The predicted molar refractivity (Wildman–Crippen MR) is 95.7 cm³/mol. The summed E-state index contributed by atoms with van der Waals surface area (Å²) in [6.07, 6.45) is 7.16. The summed E-state index contributed by atoms with van der Waals surface area (Å²) in [5.41, 5.74) is 0.805. The van der Waals surface area contributed by atoms with Crippen molar-refractivity contribution in [2.75, 3.05) is 25.6 Å². The summed E-state index contributed by atoms with van der Waals surface area (Å²) in [6.45, 7) is 0.713. The highest BCUT2D eigenvalue weighted by atomic mass is 16.5. The number of aryl methyl sites for hydroxylation is 1. The van der Waals surface area contributed by atoms with Crippen LogP contribution in [0.5, 0.6) is 0 Å². The minimum Gasteiger partial charge on any atom is -0.420 e. The summed E-state index contributed by atoms with van der Waals surface area (Å²) >= 11 is 0. The van der Waals surface area contributed by atoms with Crippen molar-refractivity contribution < 1.29 is 9.15 Å². The Morgan fingerprint density at radius 1 is 1.19 bits per heavy atom. The van der Waals surface area contributed by atoms with E-state index in [9.17, 15) is 0 Å². The number of hydrogen-bond donors (Lipinski definition) is 0. The van der Waals surface area contributed by atoms with Crippen LogP contribution in [0.4, 0.5) is 5.82 Å². The van der Waals surface area contributed by atoms with E-state index in [1.54, 1.807) is 12.4 Å². The van der Waals surface area contributed by atoms with Gasteiger partial charge in [-0.3, -0.25) is 0 Å². The largest absolute Gasteiger partial charge is 0.420 e. The first kappa shape index (κ1) is 16.7. The van der Waals surface area contributed by atoms with Gasteiger partial charge < -0.3 is 18.6 Å². The van der Waals surface area contributed by atoms with Crippen molar-refractivity contribution >= 4 is 5.82 Å². The number of rotatable bonds is 4. The minimum absolute atomic E-state index is 0.0000996. The zero-order valence-corrected chi connectivity index (χ0v) is 15.2. The Morgan fingerprint density at radius 3 is 2.77 bits per heavy atom. The van der Waals surface area contributed by atoms with Crippen molar-refractivity contribution in [2.45, 2.75) is 24.9 Å². The van der Waals surface area contributed by atoms with Gasteiger partial charge in [0.1, 0.15) is 17.7 Å². The normalized spacial score (nSPS) is 20.3. The van der Waals surface area contributed by atoms with E-state index in [0.29, 0.717) is 18.4 Å². The molecule has 4 heterocycles. The van der Waals surface area contributed by atoms with E-state index in [4.69, 9.17) is 9.15 Å². The quantitative estimate of drug-likeness (QED) is 0.712. The zero-order valence-electron chi connectivity index (χ0n) is 15.2. The van der Waals surface area contributed by atoms with Gasteiger partial charge in [-0.25, -0.2) is 9.97 Å². The maximum atomic E-state index is 6.00. The summed E-state index contributed by atoms with van der Waals surface area (Å²) in [5, 5.41) is 8.51. The Bertz CT molecular complexity index is 870. The van der Waals surface area contributed by atoms with Gasteiger partial charge in [0, 0.05) is 46.3 Å². The highest BCUT2D eigenvalue weighted by Gasteiger charge is 2.35. The highest BCUT2D eigenvalue weighted by molar-refractivity contribution is 5.54. The van der Waals surface area contributed by atoms with E-state index in [2.05, 4.69) is 20.2 Å². The summed E-state index contributed by atoms with van der Waals surface area (Å²) in [4.78, 5) is 10.8. The number of anilines is 1. The fourth-order valence-corrected chi connectivity index (χ4v) is 3.22. The molecule has 8 nitrogen and oxygen atoms in total. The van der Waals surface area contributed by atoms with Crippen molar-refractivity contribution in [2.24, 2.45) is 7.05 Å². The fraction of sp³-hybridized carbons (Fsp3) is 0.444. The lowest BCUT2D eigenvalue weighted by Gasteiger charge is -2.28. The molecule has 0 saturated carbocycles. The molecule has 0 bridgehead atoms. The molecule has 0 aromatic carbocycles. The summed E-state index contributed by atoms with van der Waals surface area (Å²) < 4.78 is 14.0. The summed E-state index contributed by atoms with van der Waals surface area (Å²) in [6, 6.07) is 3.87. The number of pyridine rings is 1. The lowest BCUT2D eigenvalue weighted by Crippen LogP contribution is -2.23. The number of nitrogens with zero attached hydrogens (tertiary/aromatic N) is 6. The SMILES string of the molecule is CN(C)c1ccc(-c2nnc([C@@H]3CCCO[C@H]3c3nccn3C)o2)cn1. The number of aromatic nitrogens is 5. The van der Waals surface area contributed by atoms with Crippen LogP contribution in [-0.4, -0.2) is 45.4 Å². The fourth-order valence-electron chi connectivity index (χ4n) is 3.22. The molecule has 1 fully saturated rings. The van der Waals surface area contributed by atoms with E-state index < -0.39 is 0 Å². The molecule has 0 radical (unpaired) electrons. The number of ether oxygens (including phenoxy) is 1. The van der Waals surface area contributed by atoms with Crippen molar-refractivity contribution in [3.63, 3.8) is 0 Å². The molecule has 4 rings (SSSR count). The van der Waals surface area contributed by atoms with Crippen LogP contribution in [0.3, 0.4) is 0 Å². The second-order valence-electron chi connectivity index (χ2n) is 6.68. The second kappa shape index (κ2) is 6.87. The number of hydrogen-bond acceptors (Lipinski definition) is 7. The molecule has 26 heavy (non-hydrogen) atoms. The minimum atomic E-state index is -0.175. The van der Waals surface area contributed by atoms with Gasteiger partial charge >= 0.3 is 0 Å². The summed E-state index contributed by atoms with van der Waals surface area (Å²) in [7, 11) is 5.87. The maximum absolute atomic E-state index is 6.00. The van der Waals surface area contributed by atoms with Crippen LogP contribution in [-0.2, 0) is 11.8 Å². The first-order valence-corrected chi connectivity index (χ1v) is 8.69. The van der Waals surface area contributed by atoms with Crippen LogP contribution in [0.2, 0.25) is 0 Å². The molecule has 136 valence electrons. The molecule has 3 aromatic heterocycles. The molecule has 0 amide bonds. The Kier molecular flexibility index (Phi) is 4.42. The molecule has 1 saturated heterocycles. The molecule has 0 unspecified atom stereocenters. The van der Waals surface area contributed by atoms with Gasteiger partial charge in [-0.2, -0.15) is 0 Å². The van der Waals surface area contributed by atoms with Crippen molar-refractivity contribution in [3.8, 4) is 11.5 Å². The second-order valence-corrected chi connectivity index (χ2v) is 6.68. The Hall–Kier alpha value is -2.74. The third kappa shape index (κ3) is 3.08. The van der Waals surface area contributed by atoms with Gasteiger partial charge in [-0.15, -0.1) is 10.2 Å². The monoisotopic (exact) mass is 354 g/mol. The van der Waals surface area contributed by atoms with E-state index >= 15 is 0 Å². The maximum Gasteiger partial charge on any atom is 0.249 e. The van der Waals surface area contributed by atoms with Crippen molar-refractivity contribution in [1.29, 1.82) is 0 Å². The van der Waals surface area contributed by atoms with E-state index in [0.717, 1.165) is 30.0 Å². The Morgan fingerprint density at radius 2 is 2.08 bits per heavy atom. The van der Waals surface area contributed by atoms with Crippen LogP contribution in [0.1, 0.15) is 36.6 Å². The molecule has 8 heteroatoms. The van der Waals surface area contributed by atoms with E-state index in [1.165, 1.54) is 0 Å². The van der Waals surface area contributed by atoms with Crippen LogP contribution in [0, 0.1) is 0 Å². The highest BCUT2D eigenvalue weighted by Crippen LogP contribution is 2.40. The van der Waals surface area contributed by atoms with Crippen LogP contribution < -0.4 is 4.90 Å². The smallest absolute Gasteiger partial charge is 0.249 e. The molecular formula is C18H22N6O2. The lowest BCUT2D eigenvalue weighted by atomic mass is 9.93. The van der Waals surface area contributed by atoms with Gasteiger partial charge in [-0.05, 0) is 25.0 Å². The van der Waals surface area contributed by atoms with Gasteiger partial charge in [-0.1, -0.05) is 0 Å². The lowest BCUT2D eigenvalue weighted by molar-refractivity contribution is -0.0156. The first-order chi connectivity index (χ1) is 12.6.